The van der Waals surface area contributed by atoms with Crippen molar-refractivity contribution in [2.75, 3.05) is 0 Å². The van der Waals surface area contributed by atoms with E-state index in [0.717, 1.165) is 4.57 Å². The van der Waals surface area contributed by atoms with E-state index in [2.05, 4.69) is 0 Å². The van der Waals surface area contributed by atoms with Crippen molar-refractivity contribution in [2.24, 2.45) is 7.05 Å². The van der Waals surface area contributed by atoms with Gasteiger partial charge in [-0.3, -0.25) is 24.3 Å². The average molecular weight is 237 g/mol. The topological polar surface area (TPSA) is 107 Å². The molecule has 2 aromatic rings. The molecular weight excluding hydrogens is 230 g/mol. The Morgan fingerprint density at radius 2 is 1.94 bits per heavy atom. The zero-order valence-electron chi connectivity index (χ0n) is 8.65. The Hall–Kier alpha value is -2.64. The highest BCUT2D eigenvalue weighted by Gasteiger charge is 2.19. The van der Waals surface area contributed by atoms with Crippen molar-refractivity contribution in [3.8, 4) is 0 Å². The van der Waals surface area contributed by atoms with E-state index in [1.165, 1.54) is 25.2 Å². The van der Waals surface area contributed by atoms with Gasteiger partial charge in [0.15, 0.2) is 5.52 Å². The third kappa shape index (κ3) is 1.38. The number of hydrogen-bond donors (Lipinski definition) is 1. The lowest BCUT2D eigenvalue weighted by atomic mass is 10.2. The summed E-state index contributed by atoms with van der Waals surface area (Å²) in [6.07, 6.45) is 0. The van der Waals surface area contributed by atoms with Crippen LogP contribution in [-0.4, -0.2) is 19.4 Å². The summed E-state index contributed by atoms with van der Waals surface area (Å²) < 4.78 is 0.965. The van der Waals surface area contributed by atoms with Gasteiger partial charge in [0.05, 0.1) is 4.92 Å². The summed E-state index contributed by atoms with van der Waals surface area (Å²) in [6.45, 7) is 0. The fourth-order valence-corrected chi connectivity index (χ4v) is 1.63. The predicted molar refractivity (Wildman–Crippen MR) is 57.3 cm³/mol. The Morgan fingerprint density at radius 1 is 1.29 bits per heavy atom. The van der Waals surface area contributed by atoms with E-state index in [9.17, 15) is 24.9 Å². The maximum absolute atomic E-state index is 11.4. The van der Waals surface area contributed by atoms with Gasteiger partial charge < -0.3 is 5.21 Å². The summed E-state index contributed by atoms with van der Waals surface area (Å²) in [5.41, 5.74) is -2.74. The molecule has 8 heteroatoms. The molecule has 0 saturated heterocycles. The van der Waals surface area contributed by atoms with Crippen LogP contribution in [0.3, 0.4) is 0 Å². The van der Waals surface area contributed by atoms with Crippen LogP contribution in [0.25, 0.3) is 11.0 Å². The highest BCUT2D eigenvalue weighted by Crippen LogP contribution is 2.21. The van der Waals surface area contributed by atoms with E-state index in [1.54, 1.807) is 0 Å². The molecule has 0 radical (unpaired) electrons. The molecule has 8 nitrogen and oxygen atoms in total. The number of rotatable bonds is 1. The number of nitro groups is 1. The van der Waals surface area contributed by atoms with Crippen molar-refractivity contribution < 1.29 is 10.1 Å². The number of aromatic nitrogens is 2. The molecule has 2 rings (SSSR count). The van der Waals surface area contributed by atoms with E-state index in [1.807, 2.05) is 0 Å². The number of nitro benzene ring substituents is 1. The molecule has 0 spiro atoms. The van der Waals surface area contributed by atoms with Crippen molar-refractivity contribution in [1.82, 2.24) is 9.30 Å². The molecule has 0 aliphatic carbocycles. The van der Waals surface area contributed by atoms with E-state index in [-0.39, 0.29) is 21.5 Å². The number of hydrogen-bond acceptors (Lipinski definition) is 5. The van der Waals surface area contributed by atoms with Gasteiger partial charge >= 0.3 is 11.1 Å². The van der Waals surface area contributed by atoms with E-state index >= 15 is 0 Å². The lowest BCUT2D eigenvalue weighted by molar-refractivity contribution is -0.383. The molecule has 0 bridgehead atoms. The molecule has 0 atom stereocenters. The first-order valence-electron chi connectivity index (χ1n) is 4.53. The first kappa shape index (κ1) is 10.9. The molecule has 0 aliphatic rings. The third-order valence-corrected chi connectivity index (χ3v) is 2.43. The predicted octanol–water partition coefficient (Wildman–Crippen LogP) is -0.154. The fourth-order valence-electron chi connectivity index (χ4n) is 1.63. The Bertz CT molecular complexity index is 743. The van der Waals surface area contributed by atoms with Gasteiger partial charge in [-0.2, -0.15) is 0 Å². The SMILES string of the molecule is Cn1c(=O)c(=O)n(O)c2cccc([N+](=O)[O-])c21. The zero-order valence-corrected chi connectivity index (χ0v) is 8.65. The molecule has 1 aromatic carbocycles. The van der Waals surface area contributed by atoms with Crippen molar-refractivity contribution in [3.05, 3.63) is 49.0 Å². The normalized spacial score (nSPS) is 10.6. The Labute approximate surface area is 93.1 Å². The largest absolute Gasteiger partial charge is 0.425 e. The number of nitrogens with zero attached hydrogens (tertiary/aromatic N) is 3. The summed E-state index contributed by atoms with van der Waals surface area (Å²) >= 11 is 0. The van der Waals surface area contributed by atoms with Crippen LogP contribution in [0.15, 0.2) is 27.8 Å². The van der Waals surface area contributed by atoms with Crippen LogP contribution in [0.1, 0.15) is 0 Å². The van der Waals surface area contributed by atoms with Gasteiger partial charge in [0.25, 0.3) is 5.69 Å². The lowest BCUT2D eigenvalue weighted by Gasteiger charge is -2.06. The highest BCUT2D eigenvalue weighted by atomic mass is 16.6. The minimum atomic E-state index is -1.15. The molecule has 0 amide bonds. The van der Waals surface area contributed by atoms with Gasteiger partial charge in [-0.1, -0.05) is 6.07 Å². The third-order valence-electron chi connectivity index (χ3n) is 2.43. The average Bonchev–Trinajstić information content (AvgIpc) is 2.32. The second-order valence-corrected chi connectivity index (χ2v) is 3.38. The first-order valence-corrected chi connectivity index (χ1v) is 4.53. The molecule has 1 N–H and O–H groups in total. The van der Waals surface area contributed by atoms with E-state index < -0.39 is 16.0 Å². The smallest absolute Gasteiger partial charge is 0.349 e. The number of para-hydroxylation sites is 1. The number of non-ortho nitro benzene ring substituents is 1. The molecule has 1 heterocycles. The Morgan fingerprint density at radius 3 is 2.53 bits per heavy atom. The minimum absolute atomic E-state index is 0.0914. The van der Waals surface area contributed by atoms with Crippen molar-refractivity contribution >= 4 is 16.7 Å². The monoisotopic (exact) mass is 237 g/mol. The summed E-state index contributed by atoms with van der Waals surface area (Å²) in [6, 6.07) is 3.81. The zero-order chi connectivity index (χ0) is 12.7. The minimum Gasteiger partial charge on any atom is -0.425 e. The molecule has 17 heavy (non-hydrogen) atoms. The van der Waals surface area contributed by atoms with Gasteiger partial charge in [0, 0.05) is 13.1 Å². The maximum atomic E-state index is 11.4. The van der Waals surface area contributed by atoms with Crippen molar-refractivity contribution in [1.29, 1.82) is 0 Å². The van der Waals surface area contributed by atoms with Gasteiger partial charge in [-0.25, -0.2) is 0 Å². The molecule has 0 aliphatic heterocycles. The number of aryl methyl sites for hydroxylation is 1. The van der Waals surface area contributed by atoms with Gasteiger partial charge in [-0.05, 0) is 6.07 Å². The van der Waals surface area contributed by atoms with Crippen LogP contribution >= 0.6 is 0 Å². The van der Waals surface area contributed by atoms with Crippen LogP contribution in [0, 0.1) is 10.1 Å². The lowest BCUT2D eigenvalue weighted by Crippen LogP contribution is -2.39. The quantitative estimate of drug-likeness (QED) is 0.321. The summed E-state index contributed by atoms with van der Waals surface area (Å²) in [7, 11) is 1.24. The molecule has 0 fully saturated rings. The van der Waals surface area contributed by atoms with Crippen LogP contribution in [0.2, 0.25) is 0 Å². The number of benzene rings is 1. The Kier molecular flexibility index (Phi) is 2.20. The first-order chi connectivity index (χ1) is 7.95. The van der Waals surface area contributed by atoms with E-state index in [0.29, 0.717) is 0 Å². The molecule has 0 unspecified atom stereocenters. The number of fused-ring (bicyclic) bond motifs is 1. The van der Waals surface area contributed by atoms with Crippen LogP contribution in [0.4, 0.5) is 5.69 Å². The van der Waals surface area contributed by atoms with Crippen molar-refractivity contribution in [3.63, 3.8) is 0 Å². The molecular formula is C9H7N3O5. The second-order valence-electron chi connectivity index (χ2n) is 3.38. The van der Waals surface area contributed by atoms with E-state index in [4.69, 9.17) is 0 Å². The fraction of sp³-hybridized carbons (Fsp3) is 0.111. The summed E-state index contributed by atoms with van der Waals surface area (Å²) in [5.74, 6) is 0. The molecule has 1 aromatic heterocycles. The standard InChI is InChI=1S/C9H7N3O5/c1-10-7-5(11(15)9(14)8(10)13)3-2-4-6(7)12(16)17/h2-4,15H,1H3. The van der Waals surface area contributed by atoms with Gasteiger partial charge in [-0.15, -0.1) is 4.73 Å². The van der Waals surface area contributed by atoms with Gasteiger partial charge in [0.1, 0.15) is 5.52 Å². The van der Waals surface area contributed by atoms with Crippen LogP contribution in [-0.2, 0) is 7.05 Å². The van der Waals surface area contributed by atoms with Crippen molar-refractivity contribution in [2.45, 2.75) is 0 Å². The molecule has 88 valence electrons. The van der Waals surface area contributed by atoms with Crippen LogP contribution < -0.4 is 11.1 Å². The Balaban J connectivity index is 3.18. The summed E-state index contributed by atoms with van der Waals surface area (Å²) in [4.78, 5) is 32.8. The molecule has 0 saturated carbocycles. The highest BCUT2D eigenvalue weighted by molar-refractivity contribution is 5.84. The van der Waals surface area contributed by atoms with Gasteiger partial charge in [0.2, 0.25) is 0 Å². The second kappa shape index (κ2) is 3.44. The maximum Gasteiger partial charge on any atom is 0.349 e. The summed E-state index contributed by atoms with van der Waals surface area (Å²) in [5, 5.41) is 20.2. The van der Waals surface area contributed by atoms with Crippen LogP contribution in [0.5, 0.6) is 0 Å².